The van der Waals surface area contributed by atoms with Crippen molar-refractivity contribution in [1.29, 1.82) is 0 Å². The van der Waals surface area contributed by atoms with Crippen LogP contribution in [0.4, 0.5) is 5.69 Å². The first-order valence-corrected chi connectivity index (χ1v) is 5.27. The summed E-state index contributed by atoms with van der Waals surface area (Å²) in [5.74, 6) is 0.698. The van der Waals surface area contributed by atoms with E-state index in [-0.39, 0.29) is 11.7 Å². The largest absolute Gasteiger partial charge is 0.495 e. The molecular formula is C11H15NO2S. The van der Waals surface area contributed by atoms with Crippen molar-refractivity contribution in [2.75, 3.05) is 18.2 Å². The lowest BCUT2D eigenvalue weighted by Gasteiger charge is -2.12. The van der Waals surface area contributed by atoms with Crippen LogP contribution >= 0.6 is 12.6 Å². The second kappa shape index (κ2) is 5.07. The van der Waals surface area contributed by atoms with Gasteiger partial charge in [0.05, 0.1) is 18.6 Å². The molecule has 0 aromatic heterocycles. The fourth-order valence-electron chi connectivity index (χ4n) is 1.25. The van der Waals surface area contributed by atoms with Gasteiger partial charge < -0.3 is 10.1 Å². The number of benzene rings is 1. The maximum absolute atomic E-state index is 11.2. The van der Waals surface area contributed by atoms with E-state index in [1.165, 1.54) is 0 Å². The smallest absolute Gasteiger partial charge is 0.234 e. The number of carbonyl (C=O) groups is 1. The molecule has 0 saturated heterocycles. The summed E-state index contributed by atoms with van der Waals surface area (Å²) in [6, 6.07) is 3.80. The molecule has 1 N–H and O–H groups in total. The molecule has 0 saturated carbocycles. The summed E-state index contributed by atoms with van der Waals surface area (Å²) in [5.41, 5.74) is 2.95. The molecule has 0 spiro atoms. The van der Waals surface area contributed by atoms with E-state index in [4.69, 9.17) is 4.74 Å². The van der Waals surface area contributed by atoms with Gasteiger partial charge >= 0.3 is 0 Å². The number of aryl methyl sites for hydroxylation is 2. The van der Waals surface area contributed by atoms with Crippen LogP contribution < -0.4 is 10.1 Å². The van der Waals surface area contributed by atoms with Crippen LogP contribution in [-0.4, -0.2) is 18.8 Å². The fourth-order valence-corrected chi connectivity index (χ4v) is 1.33. The number of hydrogen-bond donors (Lipinski definition) is 2. The molecule has 0 unspecified atom stereocenters. The molecule has 1 aromatic rings. The summed E-state index contributed by atoms with van der Waals surface area (Å²) in [6.45, 7) is 3.99. The number of thiol groups is 1. The summed E-state index contributed by atoms with van der Waals surface area (Å²) in [6.07, 6.45) is 0. The number of methoxy groups -OCH3 is 1. The highest BCUT2D eigenvalue weighted by Gasteiger charge is 2.08. The minimum atomic E-state index is -0.139. The van der Waals surface area contributed by atoms with Crippen LogP contribution in [-0.2, 0) is 4.79 Å². The molecule has 1 rings (SSSR count). The van der Waals surface area contributed by atoms with Gasteiger partial charge in [0.2, 0.25) is 5.91 Å². The third-order valence-electron chi connectivity index (χ3n) is 2.23. The molecule has 0 heterocycles. The first kappa shape index (κ1) is 11.9. The maximum atomic E-state index is 11.2. The number of rotatable bonds is 3. The highest BCUT2D eigenvalue weighted by molar-refractivity contribution is 7.81. The summed E-state index contributed by atoms with van der Waals surface area (Å²) < 4.78 is 5.19. The topological polar surface area (TPSA) is 38.3 Å². The van der Waals surface area contributed by atoms with Crippen molar-refractivity contribution in [3.8, 4) is 5.75 Å². The lowest BCUT2D eigenvalue weighted by Crippen LogP contribution is -2.13. The van der Waals surface area contributed by atoms with Gasteiger partial charge in [-0.1, -0.05) is 0 Å². The second-order valence-electron chi connectivity index (χ2n) is 3.34. The summed E-state index contributed by atoms with van der Waals surface area (Å²) in [7, 11) is 1.58. The highest BCUT2D eigenvalue weighted by atomic mass is 32.1. The Labute approximate surface area is 95.2 Å². The third-order valence-corrected chi connectivity index (χ3v) is 2.52. The molecule has 82 valence electrons. The van der Waals surface area contributed by atoms with Crippen LogP contribution in [0.25, 0.3) is 0 Å². The summed E-state index contributed by atoms with van der Waals surface area (Å²) in [5, 5.41) is 2.74. The zero-order valence-corrected chi connectivity index (χ0v) is 10.0. The van der Waals surface area contributed by atoms with Crippen molar-refractivity contribution in [2.24, 2.45) is 0 Å². The van der Waals surface area contributed by atoms with E-state index in [2.05, 4.69) is 17.9 Å². The lowest BCUT2D eigenvalue weighted by atomic mass is 10.1. The van der Waals surface area contributed by atoms with Crippen molar-refractivity contribution in [3.63, 3.8) is 0 Å². The summed E-state index contributed by atoms with van der Waals surface area (Å²) >= 11 is 3.90. The van der Waals surface area contributed by atoms with E-state index in [1.807, 2.05) is 26.0 Å². The van der Waals surface area contributed by atoms with Crippen molar-refractivity contribution >= 4 is 24.2 Å². The van der Waals surface area contributed by atoms with Crippen LogP contribution in [0, 0.1) is 13.8 Å². The van der Waals surface area contributed by atoms with Gasteiger partial charge in [-0.2, -0.15) is 12.6 Å². The van der Waals surface area contributed by atoms with Crippen molar-refractivity contribution < 1.29 is 9.53 Å². The lowest BCUT2D eigenvalue weighted by molar-refractivity contribution is -0.113. The van der Waals surface area contributed by atoms with Crippen LogP contribution in [0.2, 0.25) is 0 Å². The second-order valence-corrected chi connectivity index (χ2v) is 3.66. The average Bonchev–Trinajstić information content (AvgIpc) is 2.22. The molecule has 4 heteroatoms. The maximum Gasteiger partial charge on any atom is 0.234 e. The Balaban J connectivity index is 3.05. The number of anilines is 1. The standard InChI is InChI=1S/C11H15NO2S/c1-7-4-9(12-11(13)6-15)10(14-3)5-8(7)2/h4-5,15H,6H2,1-3H3,(H,12,13). The molecule has 0 radical (unpaired) electrons. The van der Waals surface area contributed by atoms with Crippen molar-refractivity contribution in [3.05, 3.63) is 23.3 Å². The SMILES string of the molecule is COc1cc(C)c(C)cc1NC(=O)CS. The van der Waals surface area contributed by atoms with Crippen LogP contribution in [0.5, 0.6) is 5.75 Å². The van der Waals surface area contributed by atoms with Gasteiger partial charge in [-0.3, -0.25) is 4.79 Å². The van der Waals surface area contributed by atoms with Gasteiger partial charge in [0.25, 0.3) is 0 Å². The van der Waals surface area contributed by atoms with Gasteiger partial charge in [0, 0.05) is 0 Å². The van der Waals surface area contributed by atoms with Gasteiger partial charge in [0.15, 0.2) is 0 Å². The third kappa shape index (κ3) is 2.89. The van der Waals surface area contributed by atoms with Gasteiger partial charge in [-0.15, -0.1) is 0 Å². The molecule has 0 atom stereocenters. The zero-order chi connectivity index (χ0) is 11.4. The number of ether oxygens (including phenoxy) is 1. The van der Waals surface area contributed by atoms with Crippen LogP contribution in [0.15, 0.2) is 12.1 Å². The van der Waals surface area contributed by atoms with Crippen LogP contribution in [0.1, 0.15) is 11.1 Å². The van der Waals surface area contributed by atoms with E-state index < -0.39 is 0 Å². The Morgan fingerprint density at radius 3 is 2.53 bits per heavy atom. The number of nitrogens with one attached hydrogen (secondary N) is 1. The number of amides is 1. The fraction of sp³-hybridized carbons (Fsp3) is 0.364. The molecule has 0 aliphatic rings. The van der Waals surface area contributed by atoms with E-state index in [0.29, 0.717) is 11.4 Å². The Morgan fingerprint density at radius 1 is 1.40 bits per heavy atom. The normalized spacial score (nSPS) is 9.87. The minimum absolute atomic E-state index is 0.139. The monoisotopic (exact) mass is 225 g/mol. The molecule has 0 aliphatic heterocycles. The van der Waals surface area contributed by atoms with E-state index >= 15 is 0 Å². The Kier molecular flexibility index (Phi) is 4.03. The van der Waals surface area contributed by atoms with Gasteiger partial charge in [-0.05, 0) is 37.1 Å². The minimum Gasteiger partial charge on any atom is -0.495 e. The molecular weight excluding hydrogens is 210 g/mol. The van der Waals surface area contributed by atoms with E-state index in [1.54, 1.807) is 7.11 Å². The first-order valence-electron chi connectivity index (χ1n) is 4.64. The van der Waals surface area contributed by atoms with Crippen molar-refractivity contribution in [2.45, 2.75) is 13.8 Å². The summed E-state index contributed by atoms with van der Waals surface area (Å²) in [4.78, 5) is 11.2. The predicted molar refractivity (Wildman–Crippen MR) is 65.0 cm³/mol. The van der Waals surface area contributed by atoms with Crippen LogP contribution in [0.3, 0.4) is 0 Å². The van der Waals surface area contributed by atoms with E-state index in [9.17, 15) is 4.79 Å². The molecule has 0 fully saturated rings. The predicted octanol–water partition coefficient (Wildman–Crippen LogP) is 2.18. The van der Waals surface area contributed by atoms with E-state index in [0.717, 1.165) is 11.1 Å². The molecule has 0 aliphatic carbocycles. The molecule has 1 amide bonds. The Hall–Kier alpha value is -1.16. The van der Waals surface area contributed by atoms with Crippen molar-refractivity contribution in [1.82, 2.24) is 0 Å². The average molecular weight is 225 g/mol. The molecule has 0 bridgehead atoms. The quantitative estimate of drug-likeness (QED) is 0.774. The van der Waals surface area contributed by atoms with Gasteiger partial charge in [-0.25, -0.2) is 0 Å². The van der Waals surface area contributed by atoms with Gasteiger partial charge in [0.1, 0.15) is 5.75 Å². The molecule has 1 aromatic carbocycles. The molecule has 3 nitrogen and oxygen atoms in total. The number of carbonyl (C=O) groups excluding carboxylic acids is 1. The zero-order valence-electron chi connectivity index (χ0n) is 9.13. The Bertz CT molecular complexity index is 377. The molecule has 15 heavy (non-hydrogen) atoms. The first-order chi connectivity index (χ1) is 7.08. The Morgan fingerprint density at radius 2 is 2.00 bits per heavy atom. The number of hydrogen-bond acceptors (Lipinski definition) is 3. The highest BCUT2D eigenvalue weighted by Crippen LogP contribution is 2.27.